The summed E-state index contributed by atoms with van der Waals surface area (Å²) < 4.78 is 1.98. The molecule has 0 bridgehead atoms. The molecule has 1 N–H and O–H groups in total. The zero-order valence-corrected chi connectivity index (χ0v) is 27.3. The van der Waals surface area contributed by atoms with Crippen LogP contribution in [0.15, 0.2) is 6.20 Å². The number of hydrogen-bond donors (Lipinski definition) is 1. The van der Waals surface area contributed by atoms with E-state index in [1.807, 2.05) is 10.9 Å². The highest BCUT2D eigenvalue weighted by Crippen LogP contribution is 2.42. The normalized spacial score (nSPS) is 26.9. The molecule has 0 aromatic carbocycles. The highest BCUT2D eigenvalue weighted by Gasteiger charge is 2.30. The van der Waals surface area contributed by atoms with Crippen molar-refractivity contribution in [2.75, 3.05) is 7.05 Å². The van der Waals surface area contributed by atoms with Gasteiger partial charge in [-0.3, -0.25) is 9.48 Å². The molecule has 0 saturated heterocycles. The van der Waals surface area contributed by atoms with Crippen molar-refractivity contribution in [3.63, 3.8) is 0 Å². The summed E-state index contributed by atoms with van der Waals surface area (Å²) in [5, 5.41) is 11.3. The Hall–Kier alpha value is -1.39. The molecule has 1 amide bonds. The molecule has 2 rings (SSSR count). The van der Waals surface area contributed by atoms with Crippen LogP contribution in [0.1, 0.15) is 168 Å². The van der Waals surface area contributed by atoms with Crippen LogP contribution >= 0.6 is 0 Å². The molecule has 0 spiro atoms. The van der Waals surface area contributed by atoms with Crippen LogP contribution in [-0.4, -0.2) is 27.9 Å². The summed E-state index contributed by atoms with van der Waals surface area (Å²) in [5.41, 5.74) is 1.36. The summed E-state index contributed by atoms with van der Waals surface area (Å²) in [5.74, 6) is 2.71. The Morgan fingerprint density at radius 2 is 1.48 bits per heavy atom. The highest BCUT2D eigenvalue weighted by atomic mass is 16.1. The molecule has 5 heteroatoms. The van der Waals surface area contributed by atoms with Gasteiger partial charge in [0.2, 0.25) is 5.91 Å². The van der Waals surface area contributed by atoms with Gasteiger partial charge in [0.05, 0.1) is 5.69 Å². The van der Waals surface area contributed by atoms with E-state index in [9.17, 15) is 4.79 Å². The molecule has 1 aliphatic rings. The van der Waals surface area contributed by atoms with Gasteiger partial charge in [-0.25, -0.2) is 0 Å². The van der Waals surface area contributed by atoms with E-state index < -0.39 is 0 Å². The molecule has 5 nitrogen and oxygen atoms in total. The van der Waals surface area contributed by atoms with Crippen LogP contribution in [-0.2, 0) is 17.8 Å². The van der Waals surface area contributed by atoms with E-state index in [1.54, 1.807) is 7.05 Å². The van der Waals surface area contributed by atoms with Gasteiger partial charge in [-0.15, -0.1) is 5.10 Å². The predicted molar refractivity (Wildman–Crippen MR) is 170 cm³/mol. The van der Waals surface area contributed by atoms with E-state index >= 15 is 0 Å². The van der Waals surface area contributed by atoms with Crippen LogP contribution in [0.25, 0.3) is 0 Å². The summed E-state index contributed by atoms with van der Waals surface area (Å²) >= 11 is 0. The maximum absolute atomic E-state index is 11.5. The van der Waals surface area contributed by atoms with E-state index in [2.05, 4.69) is 43.3 Å². The molecule has 40 heavy (non-hydrogen) atoms. The van der Waals surface area contributed by atoms with Crippen molar-refractivity contribution in [3.05, 3.63) is 11.9 Å². The van der Waals surface area contributed by atoms with Crippen LogP contribution in [0, 0.1) is 23.2 Å². The van der Waals surface area contributed by atoms with Crippen molar-refractivity contribution in [2.24, 2.45) is 23.2 Å². The summed E-state index contributed by atoms with van der Waals surface area (Å²) in [6.45, 7) is 10.9. The van der Waals surface area contributed by atoms with Crippen molar-refractivity contribution in [1.29, 1.82) is 0 Å². The summed E-state index contributed by atoms with van der Waals surface area (Å²) in [6.07, 6.45) is 31.1. The molecular formula is C35H66N4O. The van der Waals surface area contributed by atoms with Gasteiger partial charge in [0, 0.05) is 32.6 Å². The second-order valence-electron chi connectivity index (χ2n) is 13.8. The number of aromatic nitrogens is 3. The van der Waals surface area contributed by atoms with Crippen molar-refractivity contribution in [1.82, 2.24) is 20.3 Å². The van der Waals surface area contributed by atoms with E-state index in [4.69, 9.17) is 0 Å². The van der Waals surface area contributed by atoms with Crippen LogP contribution in [0.5, 0.6) is 0 Å². The summed E-state index contributed by atoms with van der Waals surface area (Å²) in [4.78, 5) is 11.5. The molecule has 0 aliphatic heterocycles. The van der Waals surface area contributed by atoms with Crippen molar-refractivity contribution in [2.45, 2.75) is 175 Å². The lowest BCUT2D eigenvalue weighted by molar-refractivity contribution is -0.120. The Kier molecular flexibility index (Phi) is 17.8. The maximum Gasteiger partial charge on any atom is 0.220 e. The van der Waals surface area contributed by atoms with Gasteiger partial charge in [0.25, 0.3) is 0 Å². The first kappa shape index (κ1) is 34.8. The Morgan fingerprint density at radius 1 is 0.900 bits per heavy atom. The van der Waals surface area contributed by atoms with Crippen LogP contribution in [0.4, 0.5) is 0 Å². The van der Waals surface area contributed by atoms with Gasteiger partial charge in [-0.1, -0.05) is 136 Å². The number of rotatable bonds is 10. The minimum absolute atomic E-state index is 0.0590. The fourth-order valence-electron chi connectivity index (χ4n) is 7.22. The third kappa shape index (κ3) is 15.0. The van der Waals surface area contributed by atoms with Crippen molar-refractivity contribution >= 4 is 5.91 Å². The topological polar surface area (TPSA) is 59.8 Å². The smallest absolute Gasteiger partial charge is 0.220 e. The largest absolute Gasteiger partial charge is 0.359 e. The van der Waals surface area contributed by atoms with Gasteiger partial charge in [0.15, 0.2) is 0 Å². The minimum atomic E-state index is 0.0590. The third-order valence-electron chi connectivity index (χ3n) is 9.98. The van der Waals surface area contributed by atoms with Crippen molar-refractivity contribution in [3.8, 4) is 0 Å². The summed E-state index contributed by atoms with van der Waals surface area (Å²) in [6, 6.07) is 0. The van der Waals surface area contributed by atoms with E-state index in [-0.39, 0.29) is 5.91 Å². The molecule has 1 saturated carbocycles. The van der Waals surface area contributed by atoms with Gasteiger partial charge in [-0.05, 0) is 48.9 Å². The Balaban J connectivity index is 1.95. The fraction of sp³-hybridized carbons (Fsp3) is 0.914. The Labute approximate surface area is 248 Å². The molecule has 1 aliphatic carbocycles. The molecule has 1 heterocycles. The number of amides is 1. The fourth-order valence-corrected chi connectivity index (χ4v) is 7.22. The van der Waals surface area contributed by atoms with E-state index in [1.165, 1.54) is 122 Å². The lowest BCUT2D eigenvalue weighted by Crippen LogP contribution is -2.25. The predicted octanol–water partition coefficient (Wildman–Crippen LogP) is 9.69. The van der Waals surface area contributed by atoms with Gasteiger partial charge in [-0.2, -0.15) is 0 Å². The molecule has 1 aromatic rings. The number of nitrogens with one attached hydrogen (secondary N) is 1. The first-order chi connectivity index (χ1) is 19.4. The lowest BCUT2D eigenvalue weighted by Gasteiger charge is -2.37. The molecule has 1 aromatic heterocycles. The Morgan fingerprint density at radius 3 is 2.10 bits per heavy atom. The van der Waals surface area contributed by atoms with Crippen LogP contribution in [0.2, 0.25) is 0 Å². The number of carbonyl (C=O) groups is 1. The second-order valence-corrected chi connectivity index (χ2v) is 13.8. The third-order valence-corrected chi connectivity index (χ3v) is 9.98. The second kappa shape index (κ2) is 20.5. The van der Waals surface area contributed by atoms with Gasteiger partial charge >= 0.3 is 0 Å². The lowest BCUT2D eigenvalue weighted by atomic mass is 9.69. The zero-order valence-electron chi connectivity index (χ0n) is 27.3. The first-order valence-electron chi connectivity index (χ1n) is 17.5. The number of hydrogen-bond acceptors (Lipinski definition) is 3. The molecule has 0 radical (unpaired) electrons. The molecule has 1 fully saturated rings. The standard InChI is InChI=1S/C35H66N4O/c1-6-31-21-15-13-11-9-8-10-12-14-19-30(3)20-18-22-32(7-2)28-35(4,27-31)25-16-17-26-39-29-33(37-38-39)23-24-34(40)36-5/h29-32H,6-28H2,1-5H3,(H,36,40). The Bertz CT molecular complexity index is 777. The van der Waals surface area contributed by atoms with Crippen molar-refractivity contribution < 1.29 is 4.79 Å². The van der Waals surface area contributed by atoms with Crippen LogP contribution in [0.3, 0.4) is 0 Å². The zero-order chi connectivity index (χ0) is 29.1. The minimum Gasteiger partial charge on any atom is -0.359 e. The van der Waals surface area contributed by atoms with Gasteiger partial charge < -0.3 is 5.32 Å². The van der Waals surface area contributed by atoms with E-state index in [0.29, 0.717) is 18.3 Å². The number of aryl methyl sites for hydroxylation is 2. The average molecular weight is 559 g/mol. The monoisotopic (exact) mass is 559 g/mol. The number of nitrogens with zero attached hydrogens (tertiary/aromatic N) is 3. The SMILES string of the molecule is CCC1CCCCCCCCCCC(C)CCCC(CC)CC(C)(CCCCn2cc(CCC(=O)NC)nn2)C1. The molecule has 232 valence electrons. The maximum atomic E-state index is 11.5. The van der Waals surface area contributed by atoms with E-state index in [0.717, 1.165) is 36.4 Å². The van der Waals surface area contributed by atoms with Crippen LogP contribution < -0.4 is 5.32 Å². The molecule has 4 unspecified atom stereocenters. The first-order valence-corrected chi connectivity index (χ1v) is 17.5. The van der Waals surface area contributed by atoms with Gasteiger partial charge in [0.1, 0.15) is 0 Å². The molecular weight excluding hydrogens is 492 g/mol. The summed E-state index contributed by atoms with van der Waals surface area (Å²) in [7, 11) is 1.68. The highest BCUT2D eigenvalue weighted by molar-refractivity contribution is 5.75. The quantitative estimate of drug-likeness (QED) is 0.291. The number of carbonyl (C=O) groups excluding carboxylic acids is 1. The molecule has 4 atom stereocenters. The number of unbranched alkanes of at least 4 members (excludes halogenated alkanes) is 1. The average Bonchev–Trinajstić information content (AvgIpc) is 3.41.